The predicted octanol–water partition coefficient (Wildman–Crippen LogP) is 6.21. The summed E-state index contributed by atoms with van der Waals surface area (Å²) in [5.41, 5.74) is 5.45. The first-order valence-electron chi connectivity index (χ1n) is 9.02. The molecule has 134 valence electrons. The van der Waals surface area contributed by atoms with Gasteiger partial charge in [-0.25, -0.2) is 4.79 Å². The molecule has 0 aliphatic heterocycles. The maximum atomic E-state index is 11.8. The third kappa shape index (κ3) is 3.01. The van der Waals surface area contributed by atoms with Crippen LogP contribution in [0.4, 0.5) is 0 Å². The lowest BCUT2D eigenvalue weighted by molar-refractivity contribution is 0.0697. The van der Waals surface area contributed by atoms with Crippen molar-refractivity contribution in [1.82, 2.24) is 0 Å². The Hall–Kier alpha value is -2.61. The molecule has 1 N–H and O–H groups in total. The van der Waals surface area contributed by atoms with Gasteiger partial charge in [0, 0.05) is 16.4 Å². The monoisotopic (exact) mass is 346 g/mol. The van der Waals surface area contributed by atoms with Gasteiger partial charge in [0.1, 0.15) is 0 Å². The smallest absolute Gasteiger partial charge is 0.336 e. The first-order valence-corrected chi connectivity index (χ1v) is 9.02. The molecular weight excluding hydrogens is 320 g/mol. The average Bonchev–Trinajstić information content (AvgIpc) is 2.59. The number of hydrogen-bond donors (Lipinski definition) is 1. The molecule has 0 aromatic heterocycles. The molecule has 3 rings (SSSR count). The van der Waals surface area contributed by atoms with Crippen LogP contribution in [-0.4, -0.2) is 11.1 Å². The lowest BCUT2D eigenvalue weighted by atomic mass is 9.67. The van der Waals surface area contributed by atoms with Crippen molar-refractivity contribution < 1.29 is 9.90 Å². The van der Waals surface area contributed by atoms with Gasteiger partial charge in [0.15, 0.2) is 0 Å². The van der Waals surface area contributed by atoms with Crippen LogP contribution in [0.25, 0.3) is 17.2 Å². The number of rotatable bonds is 3. The molecule has 0 saturated heterocycles. The van der Waals surface area contributed by atoms with E-state index in [2.05, 4.69) is 58.0 Å². The Bertz CT molecular complexity index is 927. The molecule has 0 amide bonds. The van der Waals surface area contributed by atoms with Crippen LogP contribution < -0.4 is 0 Å². The van der Waals surface area contributed by atoms with E-state index in [4.69, 9.17) is 0 Å². The molecule has 0 bridgehead atoms. The lowest BCUT2D eigenvalue weighted by Crippen LogP contribution is -2.29. The summed E-state index contributed by atoms with van der Waals surface area (Å²) in [4.78, 5) is 11.8. The molecule has 2 aromatic rings. The van der Waals surface area contributed by atoms with Crippen molar-refractivity contribution in [2.45, 2.75) is 45.4 Å². The minimum Gasteiger partial charge on any atom is -0.478 e. The maximum Gasteiger partial charge on any atom is 0.336 e. The van der Waals surface area contributed by atoms with Crippen molar-refractivity contribution in [3.63, 3.8) is 0 Å². The molecule has 0 heterocycles. The maximum absolute atomic E-state index is 11.8. The highest BCUT2D eigenvalue weighted by Crippen LogP contribution is 2.43. The highest BCUT2D eigenvalue weighted by molar-refractivity contribution is 5.98. The number of carboxylic acid groups (broad SMARTS) is 1. The fourth-order valence-electron chi connectivity index (χ4n) is 3.78. The van der Waals surface area contributed by atoms with Crippen LogP contribution in [0.15, 0.2) is 54.6 Å². The van der Waals surface area contributed by atoms with Crippen molar-refractivity contribution in [2.24, 2.45) is 0 Å². The van der Waals surface area contributed by atoms with E-state index in [0.717, 1.165) is 16.7 Å². The van der Waals surface area contributed by atoms with Gasteiger partial charge in [-0.1, -0.05) is 76.3 Å². The van der Waals surface area contributed by atoms with Gasteiger partial charge in [0.05, 0.1) is 5.56 Å². The molecule has 0 fully saturated rings. The summed E-state index contributed by atoms with van der Waals surface area (Å²) >= 11 is 0. The Morgan fingerprint density at radius 1 is 0.962 bits per heavy atom. The van der Waals surface area contributed by atoms with E-state index in [1.54, 1.807) is 12.1 Å². The molecule has 2 heteroatoms. The molecule has 2 nitrogen and oxygen atoms in total. The topological polar surface area (TPSA) is 37.3 Å². The van der Waals surface area contributed by atoms with Crippen molar-refractivity contribution >= 4 is 12.0 Å². The summed E-state index contributed by atoms with van der Waals surface area (Å²) in [5, 5.41) is 9.71. The van der Waals surface area contributed by atoms with Crippen molar-refractivity contribution in [3.05, 3.63) is 76.9 Å². The number of aromatic carboxylic acids is 1. The summed E-state index contributed by atoms with van der Waals surface area (Å²) in [6, 6.07) is 11.8. The lowest BCUT2D eigenvalue weighted by Gasteiger charge is -2.37. The van der Waals surface area contributed by atoms with Crippen molar-refractivity contribution in [3.8, 4) is 11.1 Å². The van der Waals surface area contributed by atoms with Gasteiger partial charge in [0.2, 0.25) is 0 Å². The highest BCUT2D eigenvalue weighted by Gasteiger charge is 2.33. The minimum atomic E-state index is -0.899. The fraction of sp³-hybridized carbons (Fsp3) is 0.292. The molecule has 0 saturated carbocycles. The summed E-state index contributed by atoms with van der Waals surface area (Å²) in [5.74, 6) is -0.899. The highest BCUT2D eigenvalue weighted by atomic mass is 16.4. The normalized spacial score (nSPS) is 17.3. The van der Waals surface area contributed by atoms with Crippen LogP contribution in [0.1, 0.15) is 61.7 Å². The SMILES string of the molecule is C/C=C\c1cccc(C(=O)O)c1-c1ccc2c(c1)C(C)(C)C=CC2(C)C. The average molecular weight is 346 g/mol. The van der Waals surface area contributed by atoms with Crippen molar-refractivity contribution in [1.29, 1.82) is 0 Å². The number of carbonyl (C=O) groups is 1. The molecule has 0 atom stereocenters. The van der Waals surface area contributed by atoms with Crippen LogP contribution >= 0.6 is 0 Å². The molecule has 1 aliphatic carbocycles. The predicted molar refractivity (Wildman–Crippen MR) is 109 cm³/mol. The van der Waals surface area contributed by atoms with E-state index in [1.165, 1.54) is 11.1 Å². The summed E-state index contributed by atoms with van der Waals surface area (Å²) in [6.07, 6.45) is 8.44. The zero-order valence-corrected chi connectivity index (χ0v) is 16.1. The Kier molecular flexibility index (Phi) is 4.39. The number of carboxylic acids is 1. The summed E-state index contributed by atoms with van der Waals surface area (Å²) in [7, 11) is 0. The van der Waals surface area contributed by atoms with Crippen molar-refractivity contribution in [2.75, 3.05) is 0 Å². The van der Waals surface area contributed by atoms with Gasteiger partial charge >= 0.3 is 5.97 Å². The van der Waals surface area contributed by atoms with Crippen LogP contribution in [-0.2, 0) is 10.8 Å². The second-order valence-corrected chi connectivity index (χ2v) is 8.11. The van der Waals surface area contributed by atoms with E-state index in [-0.39, 0.29) is 10.8 Å². The molecular formula is C24H26O2. The molecule has 1 aliphatic rings. The number of allylic oxidation sites excluding steroid dienone is 3. The number of fused-ring (bicyclic) bond motifs is 1. The van der Waals surface area contributed by atoms with Crippen LogP contribution in [0.2, 0.25) is 0 Å². The Labute approximate surface area is 155 Å². The number of hydrogen-bond acceptors (Lipinski definition) is 1. The molecule has 2 aromatic carbocycles. The van der Waals surface area contributed by atoms with E-state index < -0.39 is 5.97 Å². The number of benzene rings is 2. The first-order chi connectivity index (χ1) is 12.2. The van der Waals surface area contributed by atoms with E-state index >= 15 is 0 Å². The largest absolute Gasteiger partial charge is 0.478 e. The molecule has 0 unspecified atom stereocenters. The summed E-state index contributed by atoms with van der Waals surface area (Å²) in [6.45, 7) is 10.8. The zero-order chi connectivity index (χ0) is 19.1. The van der Waals surface area contributed by atoms with Gasteiger partial charge in [-0.15, -0.1) is 0 Å². The second-order valence-electron chi connectivity index (χ2n) is 8.11. The molecule has 0 radical (unpaired) electrons. The second kappa shape index (κ2) is 6.28. The van der Waals surface area contributed by atoms with Gasteiger partial charge in [-0.2, -0.15) is 0 Å². The van der Waals surface area contributed by atoms with Gasteiger partial charge < -0.3 is 5.11 Å². The van der Waals surface area contributed by atoms with E-state index in [1.807, 2.05) is 25.1 Å². The summed E-state index contributed by atoms with van der Waals surface area (Å²) < 4.78 is 0. The molecule has 26 heavy (non-hydrogen) atoms. The Balaban J connectivity index is 2.30. The van der Waals surface area contributed by atoms with Crippen LogP contribution in [0.3, 0.4) is 0 Å². The standard InChI is InChI=1S/C24H26O2/c1-6-8-16-9-7-10-18(22(25)26)21(16)17-11-12-19-20(15-17)24(4,5)14-13-23(19,2)3/h6-15H,1-5H3,(H,25,26)/b8-6-. The quantitative estimate of drug-likeness (QED) is 0.671. The third-order valence-electron chi connectivity index (χ3n) is 5.29. The van der Waals surface area contributed by atoms with E-state index in [0.29, 0.717) is 5.56 Å². The Morgan fingerprint density at radius 3 is 2.23 bits per heavy atom. The van der Waals surface area contributed by atoms with Gasteiger partial charge in [0.25, 0.3) is 0 Å². The van der Waals surface area contributed by atoms with E-state index in [9.17, 15) is 9.90 Å². The van der Waals surface area contributed by atoms with Gasteiger partial charge in [-0.05, 0) is 41.3 Å². The van der Waals surface area contributed by atoms with Crippen LogP contribution in [0, 0.1) is 0 Å². The minimum absolute atomic E-state index is 0.0259. The fourth-order valence-corrected chi connectivity index (χ4v) is 3.78. The first kappa shape index (κ1) is 18.2. The third-order valence-corrected chi connectivity index (χ3v) is 5.29. The molecule has 0 spiro atoms. The van der Waals surface area contributed by atoms with Crippen LogP contribution in [0.5, 0.6) is 0 Å². The zero-order valence-electron chi connectivity index (χ0n) is 16.1. The van der Waals surface area contributed by atoms with Gasteiger partial charge in [-0.3, -0.25) is 0 Å². The Morgan fingerprint density at radius 2 is 1.62 bits per heavy atom.